The van der Waals surface area contributed by atoms with Crippen molar-refractivity contribution < 1.29 is 27.1 Å². The molecule has 3 aromatic rings. The zero-order valence-electron chi connectivity index (χ0n) is 16.4. The van der Waals surface area contributed by atoms with E-state index in [1.807, 2.05) is 0 Å². The number of aromatic nitrogens is 4. The molecule has 0 aliphatic heterocycles. The number of nitrogens with zero attached hydrogens (tertiary/aromatic N) is 4. The van der Waals surface area contributed by atoms with Crippen LogP contribution in [0.25, 0.3) is 5.69 Å². The molecule has 11 heteroatoms. The molecule has 0 radical (unpaired) electrons. The highest BCUT2D eigenvalue weighted by Gasteiger charge is 2.35. The smallest absolute Gasteiger partial charge is 0.434 e. The number of imidazole rings is 1. The largest absolute Gasteiger partial charge is 0.476 e. The molecule has 0 aliphatic carbocycles. The van der Waals surface area contributed by atoms with Crippen LogP contribution in [0.3, 0.4) is 0 Å². The van der Waals surface area contributed by atoms with Gasteiger partial charge in [0.1, 0.15) is 23.4 Å². The summed E-state index contributed by atoms with van der Waals surface area (Å²) in [6.07, 6.45) is -2.46. The number of carbonyl (C=O) groups excluding carboxylic acids is 1. The van der Waals surface area contributed by atoms with E-state index in [0.717, 1.165) is 10.8 Å². The second-order valence-corrected chi connectivity index (χ2v) is 6.43. The van der Waals surface area contributed by atoms with E-state index in [9.17, 15) is 22.4 Å². The molecule has 1 atom stereocenters. The SMILES string of the molecule is CCOc1c(NC(=O)C(C)n2cc(C(F)(F)F)nc2C)cnn1-c1ccc(F)cc1. The number of aryl methyl sites for hydroxylation is 1. The molecule has 1 aromatic carbocycles. The van der Waals surface area contributed by atoms with Crippen LogP contribution in [0.5, 0.6) is 5.88 Å². The van der Waals surface area contributed by atoms with E-state index in [1.165, 1.54) is 49.0 Å². The van der Waals surface area contributed by atoms with Crippen molar-refractivity contribution in [3.05, 3.63) is 54.0 Å². The third-order valence-electron chi connectivity index (χ3n) is 4.34. The van der Waals surface area contributed by atoms with Gasteiger partial charge in [0, 0.05) is 6.20 Å². The van der Waals surface area contributed by atoms with Crippen molar-refractivity contribution in [2.45, 2.75) is 33.0 Å². The number of carbonyl (C=O) groups is 1. The first-order chi connectivity index (χ1) is 14.1. The van der Waals surface area contributed by atoms with Gasteiger partial charge in [-0.25, -0.2) is 9.37 Å². The Hall–Kier alpha value is -3.37. The van der Waals surface area contributed by atoms with E-state index in [1.54, 1.807) is 6.92 Å². The normalized spacial score (nSPS) is 12.6. The third-order valence-corrected chi connectivity index (χ3v) is 4.34. The summed E-state index contributed by atoms with van der Waals surface area (Å²) in [5, 5.41) is 6.78. The molecule has 0 bridgehead atoms. The quantitative estimate of drug-likeness (QED) is 0.603. The molecule has 0 spiro atoms. The Morgan fingerprint density at radius 2 is 1.93 bits per heavy atom. The number of nitrogens with one attached hydrogen (secondary N) is 1. The van der Waals surface area contributed by atoms with Gasteiger partial charge in [-0.2, -0.15) is 23.0 Å². The topological polar surface area (TPSA) is 74.0 Å². The van der Waals surface area contributed by atoms with Crippen molar-refractivity contribution in [3.8, 4) is 11.6 Å². The molecule has 7 nitrogen and oxygen atoms in total. The van der Waals surface area contributed by atoms with Crippen LogP contribution in [-0.2, 0) is 11.0 Å². The summed E-state index contributed by atoms with van der Waals surface area (Å²) in [5.74, 6) is -0.732. The Kier molecular flexibility index (Phi) is 5.81. The Morgan fingerprint density at radius 3 is 2.50 bits per heavy atom. The zero-order valence-corrected chi connectivity index (χ0v) is 16.4. The molecule has 1 N–H and O–H groups in total. The number of hydrogen-bond donors (Lipinski definition) is 1. The van der Waals surface area contributed by atoms with Crippen LogP contribution < -0.4 is 10.1 Å². The summed E-state index contributed by atoms with van der Waals surface area (Å²) < 4.78 is 60.0. The summed E-state index contributed by atoms with van der Waals surface area (Å²) in [4.78, 5) is 16.2. The van der Waals surface area contributed by atoms with Crippen molar-refractivity contribution in [2.24, 2.45) is 0 Å². The molecule has 3 rings (SSSR count). The molecule has 30 heavy (non-hydrogen) atoms. The molecular formula is C19H19F4N5O2. The number of amides is 1. The van der Waals surface area contributed by atoms with E-state index in [-0.39, 0.29) is 24.0 Å². The van der Waals surface area contributed by atoms with Crippen LogP contribution in [0.4, 0.5) is 23.2 Å². The number of alkyl halides is 3. The average Bonchev–Trinajstić information content (AvgIpc) is 3.26. The first-order valence-electron chi connectivity index (χ1n) is 9.02. The van der Waals surface area contributed by atoms with Crippen molar-refractivity contribution >= 4 is 11.6 Å². The summed E-state index contributed by atoms with van der Waals surface area (Å²) in [5.41, 5.74) is -0.334. The number of anilines is 1. The number of rotatable bonds is 6. The third kappa shape index (κ3) is 4.29. The van der Waals surface area contributed by atoms with Crippen molar-refractivity contribution in [1.82, 2.24) is 19.3 Å². The Morgan fingerprint density at radius 1 is 1.27 bits per heavy atom. The van der Waals surface area contributed by atoms with E-state index in [4.69, 9.17) is 4.74 Å². The molecule has 0 fully saturated rings. The van der Waals surface area contributed by atoms with Crippen LogP contribution in [0, 0.1) is 12.7 Å². The lowest BCUT2D eigenvalue weighted by molar-refractivity contribution is -0.141. The van der Waals surface area contributed by atoms with E-state index in [0.29, 0.717) is 5.69 Å². The van der Waals surface area contributed by atoms with Gasteiger partial charge in [0.05, 0.1) is 18.5 Å². The lowest BCUT2D eigenvalue weighted by atomic mass is 10.3. The maximum absolute atomic E-state index is 13.2. The molecule has 2 aromatic heterocycles. The minimum Gasteiger partial charge on any atom is -0.476 e. The summed E-state index contributed by atoms with van der Waals surface area (Å²) in [7, 11) is 0. The van der Waals surface area contributed by atoms with Crippen LogP contribution in [-0.4, -0.2) is 31.8 Å². The Labute approximate surface area is 169 Å². The van der Waals surface area contributed by atoms with Crippen LogP contribution in [0.2, 0.25) is 0 Å². The lowest BCUT2D eigenvalue weighted by Crippen LogP contribution is -2.24. The molecule has 0 saturated carbocycles. The highest BCUT2D eigenvalue weighted by Crippen LogP contribution is 2.31. The number of ether oxygens (including phenoxy) is 1. The van der Waals surface area contributed by atoms with Gasteiger partial charge in [0.15, 0.2) is 5.69 Å². The maximum atomic E-state index is 13.2. The molecule has 0 saturated heterocycles. The predicted octanol–water partition coefficient (Wildman–Crippen LogP) is 4.13. The van der Waals surface area contributed by atoms with E-state index >= 15 is 0 Å². The van der Waals surface area contributed by atoms with Crippen molar-refractivity contribution in [2.75, 3.05) is 11.9 Å². The first kappa shape index (κ1) is 21.3. The lowest BCUT2D eigenvalue weighted by Gasteiger charge is -2.15. The number of benzene rings is 1. The predicted molar refractivity (Wildman–Crippen MR) is 100.0 cm³/mol. The zero-order chi connectivity index (χ0) is 22.1. The standard InChI is InChI=1S/C19H19F4N5O2/c1-4-30-18-15(9-24-28(18)14-7-5-13(20)6-8-14)26-17(29)11(2)27-10-16(19(21,22)23)25-12(27)3/h5-11H,4H2,1-3H3,(H,26,29). The van der Waals surface area contributed by atoms with Gasteiger partial charge >= 0.3 is 6.18 Å². The second-order valence-electron chi connectivity index (χ2n) is 6.43. The highest BCUT2D eigenvalue weighted by atomic mass is 19.4. The number of hydrogen-bond acceptors (Lipinski definition) is 4. The number of halogens is 4. The molecule has 0 aliphatic rings. The fourth-order valence-electron chi connectivity index (χ4n) is 2.84. The Balaban J connectivity index is 1.86. The van der Waals surface area contributed by atoms with Crippen LogP contribution in [0.15, 0.2) is 36.7 Å². The van der Waals surface area contributed by atoms with E-state index < -0.39 is 29.6 Å². The highest BCUT2D eigenvalue weighted by molar-refractivity contribution is 5.94. The molecular weight excluding hydrogens is 406 g/mol. The summed E-state index contributed by atoms with van der Waals surface area (Å²) in [6.45, 7) is 4.84. The minimum absolute atomic E-state index is 0.0528. The van der Waals surface area contributed by atoms with Gasteiger partial charge in [-0.3, -0.25) is 4.79 Å². The summed E-state index contributed by atoms with van der Waals surface area (Å²) >= 11 is 0. The van der Waals surface area contributed by atoms with Gasteiger partial charge in [-0.15, -0.1) is 0 Å². The van der Waals surface area contributed by atoms with Gasteiger partial charge < -0.3 is 14.6 Å². The molecule has 1 amide bonds. The van der Waals surface area contributed by atoms with Gasteiger partial charge in [-0.05, 0) is 45.0 Å². The van der Waals surface area contributed by atoms with Crippen molar-refractivity contribution in [3.63, 3.8) is 0 Å². The van der Waals surface area contributed by atoms with Gasteiger partial charge in [-0.1, -0.05) is 0 Å². The van der Waals surface area contributed by atoms with Gasteiger partial charge in [0.25, 0.3) is 0 Å². The molecule has 2 heterocycles. The van der Waals surface area contributed by atoms with Gasteiger partial charge in [0.2, 0.25) is 11.8 Å². The van der Waals surface area contributed by atoms with Crippen LogP contribution >= 0.6 is 0 Å². The molecule has 160 valence electrons. The monoisotopic (exact) mass is 425 g/mol. The fraction of sp³-hybridized carbons (Fsp3) is 0.316. The van der Waals surface area contributed by atoms with Crippen LogP contribution in [0.1, 0.15) is 31.4 Å². The fourth-order valence-corrected chi connectivity index (χ4v) is 2.84. The summed E-state index contributed by atoms with van der Waals surface area (Å²) in [6, 6.07) is 4.52. The maximum Gasteiger partial charge on any atom is 0.434 e. The second kappa shape index (κ2) is 8.17. The van der Waals surface area contributed by atoms with Crippen molar-refractivity contribution in [1.29, 1.82) is 0 Å². The van der Waals surface area contributed by atoms with E-state index in [2.05, 4.69) is 15.4 Å². The average molecular weight is 425 g/mol. The minimum atomic E-state index is -4.61. The Bertz CT molecular complexity index is 1040. The molecule has 1 unspecified atom stereocenters. The first-order valence-corrected chi connectivity index (χ1v) is 9.02.